The van der Waals surface area contributed by atoms with E-state index >= 15 is 0 Å². The van der Waals surface area contributed by atoms with E-state index in [1.165, 1.54) is 32.1 Å². The SMILES string of the molecule is CCc1nc(CC2CCCCC2)c(N)n1C(C)(C)C. The Labute approximate surface area is 117 Å². The van der Waals surface area contributed by atoms with Gasteiger partial charge in [0.15, 0.2) is 0 Å². The second-order valence-corrected chi connectivity index (χ2v) is 6.93. The highest BCUT2D eigenvalue weighted by Gasteiger charge is 2.25. The van der Waals surface area contributed by atoms with Crippen LogP contribution in [0.15, 0.2) is 0 Å². The molecule has 0 aromatic carbocycles. The van der Waals surface area contributed by atoms with Gasteiger partial charge in [0.05, 0.1) is 5.69 Å². The molecule has 0 radical (unpaired) electrons. The van der Waals surface area contributed by atoms with Gasteiger partial charge in [-0.15, -0.1) is 0 Å². The molecule has 108 valence electrons. The van der Waals surface area contributed by atoms with E-state index < -0.39 is 0 Å². The molecule has 0 saturated heterocycles. The average molecular weight is 263 g/mol. The van der Waals surface area contributed by atoms with E-state index in [4.69, 9.17) is 10.7 Å². The molecule has 1 aromatic rings. The third-order valence-corrected chi connectivity index (χ3v) is 4.25. The molecule has 1 aliphatic carbocycles. The van der Waals surface area contributed by atoms with Gasteiger partial charge < -0.3 is 10.3 Å². The summed E-state index contributed by atoms with van der Waals surface area (Å²) >= 11 is 0. The lowest BCUT2D eigenvalue weighted by Gasteiger charge is -2.25. The largest absolute Gasteiger partial charge is 0.384 e. The molecule has 0 atom stereocenters. The highest BCUT2D eigenvalue weighted by atomic mass is 15.2. The van der Waals surface area contributed by atoms with Crippen molar-refractivity contribution in [1.82, 2.24) is 9.55 Å². The number of nitrogens with two attached hydrogens (primary N) is 1. The minimum atomic E-state index is 0.0211. The zero-order valence-corrected chi connectivity index (χ0v) is 13.0. The van der Waals surface area contributed by atoms with E-state index in [0.717, 1.165) is 36.1 Å². The van der Waals surface area contributed by atoms with Gasteiger partial charge in [-0.05, 0) is 33.1 Å². The van der Waals surface area contributed by atoms with Gasteiger partial charge in [-0.3, -0.25) is 0 Å². The molecule has 2 N–H and O–H groups in total. The number of aryl methyl sites for hydroxylation is 1. The number of imidazole rings is 1. The minimum absolute atomic E-state index is 0.0211. The first-order valence-electron chi connectivity index (χ1n) is 7.80. The molecule has 0 unspecified atom stereocenters. The van der Waals surface area contributed by atoms with Crippen LogP contribution in [0.25, 0.3) is 0 Å². The molecule has 3 heteroatoms. The van der Waals surface area contributed by atoms with Crippen LogP contribution in [0.1, 0.15) is 71.3 Å². The quantitative estimate of drug-likeness (QED) is 0.898. The Hall–Kier alpha value is -0.990. The topological polar surface area (TPSA) is 43.8 Å². The monoisotopic (exact) mass is 263 g/mol. The summed E-state index contributed by atoms with van der Waals surface area (Å²) in [5.41, 5.74) is 7.54. The van der Waals surface area contributed by atoms with Gasteiger partial charge in [0.2, 0.25) is 0 Å². The van der Waals surface area contributed by atoms with Gasteiger partial charge in [0, 0.05) is 12.0 Å². The first-order chi connectivity index (χ1) is 8.93. The second kappa shape index (κ2) is 5.56. The molecule has 1 aliphatic rings. The lowest BCUT2D eigenvalue weighted by atomic mass is 9.86. The number of rotatable bonds is 3. The molecule has 1 aromatic heterocycles. The molecule has 0 spiro atoms. The predicted octanol–water partition coefficient (Wildman–Crippen LogP) is 3.91. The van der Waals surface area contributed by atoms with E-state index in [-0.39, 0.29) is 5.54 Å². The number of nitrogen functional groups attached to an aromatic ring is 1. The number of anilines is 1. The Morgan fingerprint density at radius 3 is 2.32 bits per heavy atom. The molecule has 19 heavy (non-hydrogen) atoms. The van der Waals surface area contributed by atoms with Crippen LogP contribution in [0.2, 0.25) is 0 Å². The van der Waals surface area contributed by atoms with Gasteiger partial charge in [-0.1, -0.05) is 39.0 Å². The van der Waals surface area contributed by atoms with Gasteiger partial charge >= 0.3 is 0 Å². The molecule has 1 fully saturated rings. The van der Waals surface area contributed by atoms with Crippen molar-refractivity contribution in [1.29, 1.82) is 0 Å². The Balaban J connectivity index is 2.24. The van der Waals surface area contributed by atoms with Crippen molar-refractivity contribution in [3.8, 4) is 0 Å². The zero-order valence-electron chi connectivity index (χ0n) is 13.0. The van der Waals surface area contributed by atoms with E-state index in [9.17, 15) is 0 Å². The van der Waals surface area contributed by atoms with Crippen LogP contribution in [-0.2, 0) is 18.4 Å². The maximum Gasteiger partial charge on any atom is 0.127 e. The third-order valence-electron chi connectivity index (χ3n) is 4.25. The Morgan fingerprint density at radius 2 is 1.84 bits per heavy atom. The summed E-state index contributed by atoms with van der Waals surface area (Å²) in [5.74, 6) is 2.83. The van der Waals surface area contributed by atoms with Crippen LogP contribution in [0.4, 0.5) is 5.82 Å². The number of hydrogen-bond acceptors (Lipinski definition) is 2. The normalized spacial score (nSPS) is 17.9. The fourth-order valence-electron chi connectivity index (χ4n) is 3.33. The molecule has 1 saturated carbocycles. The van der Waals surface area contributed by atoms with Crippen LogP contribution in [0.3, 0.4) is 0 Å². The van der Waals surface area contributed by atoms with Crippen molar-refractivity contribution in [2.75, 3.05) is 5.73 Å². The predicted molar refractivity (Wildman–Crippen MR) is 81.3 cm³/mol. The van der Waals surface area contributed by atoms with Crippen LogP contribution in [0, 0.1) is 5.92 Å². The van der Waals surface area contributed by atoms with Crippen LogP contribution < -0.4 is 5.73 Å². The summed E-state index contributed by atoms with van der Waals surface area (Å²) in [6, 6.07) is 0. The highest BCUT2D eigenvalue weighted by Crippen LogP contribution is 2.31. The molecule has 0 aliphatic heterocycles. The standard InChI is InChI=1S/C16H29N3/c1-5-14-18-13(11-12-9-7-6-8-10-12)15(17)19(14)16(2,3)4/h12H,5-11,17H2,1-4H3. The molecular weight excluding hydrogens is 234 g/mol. The van der Waals surface area contributed by atoms with Gasteiger partial charge in [0.25, 0.3) is 0 Å². The van der Waals surface area contributed by atoms with E-state index in [1.54, 1.807) is 0 Å². The van der Waals surface area contributed by atoms with Crippen molar-refractivity contribution < 1.29 is 0 Å². The van der Waals surface area contributed by atoms with Gasteiger partial charge in [0.1, 0.15) is 11.6 Å². The third kappa shape index (κ3) is 3.13. The van der Waals surface area contributed by atoms with Crippen molar-refractivity contribution in [2.45, 2.75) is 78.2 Å². The zero-order chi connectivity index (χ0) is 14.0. The summed E-state index contributed by atoms with van der Waals surface area (Å²) in [6.07, 6.45) is 8.89. The smallest absolute Gasteiger partial charge is 0.127 e. The molecule has 2 rings (SSSR count). The van der Waals surface area contributed by atoms with Gasteiger partial charge in [-0.25, -0.2) is 4.98 Å². The average Bonchev–Trinajstić information content (AvgIpc) is 2.67. The first kappa shape index (κ1) is 14.4. The first-order valence-corrected chi connectivity index (χ1v) is 7.80. The number of nitrogens with zero attached hydrogens (tertiary/aromatic N) is 2. The molecule has 1 heterocycles. The summed E-state index contributed by atoms with van der Waals surface area (Å²) in [5, 5.41) is 0. The summed E-state index contributed by atoms with van der Waals surface area (Å²) in [4.78, 5) is 4.83. The van der Waals surface area contributed by atoms with Crippen LogP contribution >= 0.6 is 0 Å². The lowest BCUT2D eigenvalue weighted by Crippen LogP contribution is -2.25. The molecule has 0 bridgehead atoms. The second-order valence-electron chi connectivity index (χ2n) is 6.93. The summed E-state index contributed by atoms with van der Waals surface area (Å²) in [6.45, 7) is 8.77. The Morgan fingerprint density at radius 1 is 1.21 bits per heavy atom. The van der Waals surface area contributed by atoms with Crippen molar-refractivity contribution in [2.24, 2.45) is 5.92 Å². The Bertz CT molecular complexity index is 420. The van der Waals surface area contributed by atoms with E-state index in [1.807, 2.05) is 0 Å². The fourth-order valence-corrected chi connectivity index (χ4v) is 3.33. The van der Waals surface area contributed by atoms with Crippen LogP contribution in [0.5, 0.6) is 0 Å². The minimum Gasteiger partial charge on any atom is -0.384 e. The number of hydrogen-bond donors (Lipinski definition) is 1. The lowest BCUT2D eigenvalue weighted by molar-refractivity contribution is 0.354. The molecule has 0 amide bonds. The maximum absolute atomic E-state index is 6.38. The number of aromatic nitrogens is 2. The van der Waals surface area contributed by atoms with Crippen LogP contribution in [-0.4, -0.2) is 9.55 Å². The van der Waals surface area contributed by atoms with Crippen molar-refractivity contribution >= 4 is 5.82 Å². The van der Waals surface area contributed by atoms with Crippen molar-refractivity contribution in [3.05, 3.63) is 11.5 Å². The maximum atomic E-state index is 6.38. The Kier molecular flexibility index (Phi) is 4.22. The van der Waals surface area contributed by atoms with E-state index in [2.05, 4.69) is 32.3 Å². The highest BCUT2D eigenvalue weighted by molar-refractivity contribution is 5.40. The van der Waals surface area contributed by atoms with Gasteiger partial charge in [-0.2, -0.15) is 0 Å². The summed E-state index contributed by atoms with van der Waals surface area (Å²) < 4.78 is 2.23. The van der Waals surface area contributed by atoms with Crippen molar-refractivity contribution in [3.63, 3.8) is 0 Å². The summed E-state index contributed by atoms with van der Waals surface area (Å²) in [7, 11) is 0. The molecular formula is C16H29N3. The molecule has 3 nitrogen and oxygen atoms in total. The van der Waals surface area contributed by atoms with E-state index in [0.29, 0.717) is 0 Å². The fraction of sp³-hybridized carbons (Fsp3) is 0.812.